The van der Waals surface area contributed by atoms with Gasteiger partial charge in [-0.1, -0.05) is 124 Å². The summed E-state index contributed by atoms with van der Waals surface area (Å²) in [5, 5.41) is 16.3. The molecule has 0 aliphatic heterocycles. The number of carbonyl (C=O) groups excluding carboxylic acids is 1. The van der Waals surface area contributed by atoms with Gasteiger partial charge in [0, 0.05) is 53.6 Å². The summed E-state index contributed by atoms with van der Waals surface area (Å²) >= 11 is 1.85. The van der Waals surface area contributed by atoms with Crippen molar-refractivity contribution >= 4 is 38.0 Å². The van der Waals surface area contributed by atoms with Gasteiger partial charge in [0.1, 0.15) is 5.76 Å². The van der Waals surface area contributed by atoms with Crippen molar-refractivity contribution in [2.45, 2.75) is 114 Å². The summed E-state index contributed by atoms with van der Waals surface area (Å²) in [7, 11) is 0. The van der Waals surface area contributed by atoms with Crippen LogP contribution < -0.4 is 0 Å². The Kier molecular flexibility index (Phi) is 14.6. The summed E-state index contributed by atoms with van der Waals surface area (Å²) in [5.41, 5.74) is 6.69. The molecule has 1 radical (unpaired) electrons. The summed E-state index contributed by atoms with van der Waals surface area (Å²) in [5.74, 6) is 0.954. The van der Waals surface area contributed by atoms with Gasteiger partial charge in [0.2, 0.25) is 0 Å². The Morgan fingerprint density at radius 2 is 1.47 bits per heavy atom. The summed E-state index contributed by atoms with van der Waals surface area (Å²) in [6.45, 7) is 23.5. The van der Waals surface area contributed by atoms with Crippen LogP contribution in [0.3, 0.4) is 0 Å². The van der Waals surface area contributed by atoms with Crippen molar-refractivity contribution in [2.24, 2.45) is 16.7 Å². The van der Waals surface area contributed by atoms with Gasteiger partial charge in [-0.25, -0.2) is 0 Å². The van der Waals surface area contributed by atoms with E-state index < -0.39 is 0 Å². The third kappa shape index (κ3) is 9.86. The fraction of sp³-hybridized carbons (Fsp3) is 0.435. The Morgan fingerprint density at radius 3 is 2.08 bits per heavy atom. The topological polar surface area (TPSA) is 50.2 Å². The fourth-order valence-corrected chi connectivity index (χ4v) is 7.30. The van der Waals surface area contributed by atoms with Gasteiger partial charge in [0.15, 0.2) is 5.78 Å². The second-order valence-corrected chi connectivity index (χ2v) is 16.7. The summed E-state index contributed by atoms with van der Waals surface area (Å²) in [4.78, 5) is 16.9. The number of fused-ring (bicyclic) bond motifs is 2. The first-order valence-electron chi connectivity index (χ1n) is 18.5. The largest absolute Gasteiger partial charge is 0.512 e. The van der Waals surface area contributed by atoms with Gasteiger partial charge in [-0.3, -0.25) is 9.78 Å². The summed E-state index contributed by atoms with van der Waals surface area (Å²) in [6, 6.07) is 25.6. The number of hydrogen-bond acceptors (Lipinski definition) is 4. The van der Waals surface area contributed by atoms with E-state index in [0.717, 1.165) is 48.7 Å². The minimum absolute atomic E-state index is 0. The zero-order valence-corrected chi connectivity index (χ0v) is 35.9. The van der Waals surface area contributed by atoms with Crippen LogP contribution in [0.1, 0.15) is 113 Å². The number of aliphatic hydroxyl groups excluding tert-OH is 1. The van der Waals surface area contributed by atoms with Gasteiger partial charge >= 0.3 is 0 Å². The number of hydrogen-bond donors (Lipinski definition) is 1. The second kappa shape index (κ2) is 17.6. The minimum Gasteiger partial charge on any atom is -0.512 e. The molecule has 5 aromatic rings. The first-order valence-corrected chi connectivity index (χ1v) is 19.3. The molecule has 2 aromatic heterocycles. The molecule has 5 rings (SSSR count). The molecular weight excluding hydrogens is 823 g/mol. The molecule has 51 heavy (non-hydrogen) atoms. The summed E-state index contributed by atoms with van der Waals surface area (Å²) < 4.78 is 1.36. The van der Waals surface area contributed by atoms with Gasteiger partial charge in [-0.2, -0.15) is 0 Å². The SMILES string of the molecule is CC(C)Cc1csc2cc(-c3ccnc(-c4[c-]c5ccccc5c(C(C)(C)C)c4)c3)ccc12.CCC(C)(CC)C(=O)/C=C(\O)C(C)(CC)CC.[Ir]. The Hall–Kier alpha value is -3.11. The minimum atomic E-state index is -0.337. The van der Waals surface area contributed by atoms with Crippen LogP contribution in [0.5, 0.6) is 0 Å². The van der Waals surface area contributed by atoms with Crippen LogP contribution in [-0.2, 0) is 36.7 Å². The van der Waals surface area contributed by atoms with Crippen molar-refractivity contribution in [1.82, 2.24) is 4.98 Å². The number of allylic oxidation sites excluding steroid dienone is 2. The zero-order chi connectivity index (χ0) is 36.9. The van der Waals surface area contributed by atoms with Crippen LogP contribution >= 0.6 is 11.3 Å². The molecule has 0 atom stereocenters. The number of rotatable bonds is 11. The smallest absolute Gasteiger partial charge is 0.164 e. The molecule has 3 aromatic carbocycles. The van der Waals surface area contributed by atoms with E-state index in [4.69, 9.17) is 4.98 Å². The monoisotopic (exact) mass is 881 g/mol. The molecule has 2 heterocycles. The van der Waals surface area contributed by atoms with Crippen LogP contribution in [0, 0.1) is 22.8 Å². The maximum atomic E-state index is 12.2. The van der Waals surface area contributed by atoms with Crippen LogP contribution in [-0.4, -0.2) is 15.9 Å². The normalized spacial score (nSPS) is 12.5. The number of nitrogens with zero attached hydrogens (tertiary/aromatic N) is 1. The molecule has 0 spiro atoms. The van der Waals surface area contributed by atoms with Gasteiger partial charge in [0.25, 0.3) is 0 Å². The average molecular weight is 881 g/mol. The van der Waals surface area contributed by atoms with Gasteiger partial charge in [0.05, 0.1) is 0 Å². The van der Waals surface area contributed by atoms with Crippen LogP contribution in [0.15, 0.2) is 84.1 Å². The third-order valence-corrected chi connectivity index (χ3v) is 11.8. The number of pyridine rings is 1. The molecule has 5 heteroatoms. The standard InChI is InChI=1S/C31H30NS.C15H28O2.Ir/c1-20(2)14-25-19-33-30-18-21(10-11-27(25)30)22-12-13-32-29(17-22)24-15-23-8-6-7-9-26(23)28(16-24)31(3,4)5;1-7-14(5,8-2)12(16)11-13(17)15(6,9-3)10-4;/h6-13,16-20H,14H2,1-5H3;11,16H,7-10H2,1-6H3;/q-1;;/b;12-11-;. The molecular formula is C46H58IrNO2S-. The number of aromatic nitrogens is 1. The van der Waals surface area contributed by atoms with E-state index >= 15 is 0 Å². The Bertz CT molecular complexity index is 1950. The molecule has 3 nitrogen and oxygen atoms in total. The van der Waals surface area contributed by atoms with E-state index in [1.54, 1.807) is 0 Å². The Morgan fingerprint density at radius 1 is 0.843 bits per heavy atom. The first kappa shape index (κ1) is 42.3. The van der Waals surface area contributed by atoms with Crippen molar-refractivity contribution < 1.29 is 30.0 Å². The van der Waals surface area contributed by atoms with Gasteiger partial charge < -0.3 is 5.11 Å². The van der Waals surface area contributed by atoms with Crippen LogP contribution in [0.25, 0.3) is 43.2 Å². The van der Waals surface area contributed by atoms with Crippen molar-refractivity contribution in [3.8, 4) is 22.4 Å². The maximum Gasteiger partial charge on any atom is 0.164 e. The van der Waals surface area contributed by atoms with E-state index in [0.29, 0.717) is 5.92 Å². The molecule has 0 amide bonds. The first-order chi connectivity index (χ1) is 23.6. The predicted octanol–water partition coefficient (Wildman–Crippen LogP) is 13.7. The molecule has 1 N–H and O–H groups in total. The fourth-order valence-electron chi connectivity index (χ4n) is 6.29. The molecule has 0 saturated heterocycles. The average Bonchev–Trinajstić information content (AvgIpc) is 3.51. The summed E-state index contributed by atoms with van der Waals surface area (Å²) in [6.07, 6.45) is 7.81. The molecule has 0 saturated carbocycles. The third-order valence-electron chi connectivity index (χ3n) is 10.8. The van der Waals surface area contributed by atoms with Crippen molar-refractivity contribution in [1.29, 1.82) is 0 Å². The van der Waals surface area contributed by atoms with Crippen LogP contribution in [0.2, 0.25) is 0 Å². The molecule has 0 unspecified atom stereocenters. The van der Waals surface area contributed by atoms with Gasteiger partial charge in [-0.15, -0.1) is 40.5 Å². The Balaban J connectivity index is 0.000000335. The molecule has 0 bridgehead atoms. The van der Waals surface area contributed by atoms with Gasteiger partial charge in [-0.05, 0) is 83.0 Å². The number of carbonyl (C=O) groups is 1. The van der Waals surface area contributed by atoms with E-state index in [9.17, 15) is 9.90 Å². The molecule has 0 aliphatic rings. The maximum absolute atomic E-state index is 12.2. The quantitative estimate of drug-likeness (QED) is 0.0817. The van der Waals surface area contributed by atoms with E-state index in [2.05, 4.69) is 107 Å². The van der Waals surface area contributed by atoms with Crippen molar-refractivity contribution in [3.63, 3.8) is 0 Å². The number of aliphatic hydroxyl groups is 1. The molecule has 275 valence electrons. The zero-order valence-electron chi connectivity index (χ0n) is 32.7. The number of thiophene rings is 1. The second-order valence-electron chi connectivity index (χ2n) is 15.8. The van der Waals surface area contributed by atoms with E-state index in [1.165, 1.54) is 43.8 Å². The van der Waals surface area contributed by atoms with Crippen molar-refractivity contribution in [3.05, 3.63) is 101 Å². The number of ketones is 1. The molecule has 0 aliphatic carbocycles. The van der Waals surface area contributed by atoms with Crippen molar-refractivity contribution in [2.75, 3.05) is 0 Å². The van der Waals surface area contributed by atoms with Crippen LogP contribution in [0.4, 0.5) is 0 Å². The Labute approximate surface area is 325 Å². The van der Waals surface area contributed by atoms with E-state index in [-0.39, 0.29) is 47.9 Å². The van der Waals surface area contributed by atoms with E-state index in [1.807, 2.05) is 59.1 Å². The number of benzene rings is 3. The predicted molar refractivity (Wildman–Crippen MR) is 217 cm³/mol. The molecule has 0 fully saturated rings.